The summed E-state index contributed by atoms with van der Waals surface area (Å²) in [5.41, 5.74) is 4.85. The van der Waals surface area contributed by atoms with Gasteiger partial charge >= 0.3 is 0 Å². The number of nitrogens with zero attached hydrogens (tertiary/aromatic N) is 4. The summed E-state index contributed by atoms with van der Waals surface area (Å²) in [5, 5.41) is 3.67. The van der Waals surface area contributed by atoms with E-state index in [2.05, 4.69) is 36.2 Å². The van der Waals surface area contributed by atoms with Gasteiger partial charge in [-0.2, -0.15) is 0 Å². The van der Waals surface area contributed by atoms with Crippen LogP contribution in [0.15, 0.2) is 48.7 Å². The van der Waals surface area contributed by atoms with Gasteiger partial charge in [0.15, 0.2) is 0 Å². The van der Waals surface area contributed by atoms with E-state index >= 15 is 0 Å². The Morgan fingerprint density at radius 1 is 1.05 bits per heavy atom. The lowest BCUT2D eigenvalue weighted by atomic mass is 10.1. The molecule has 2 fully saturated rings. The third kappa shape index (κ3) is 6.92. The third-order valence-electron chi connectivity index (χ3n) is 8.01. The number of ether oxygens (including phenoxy) is 1. The van der Waals surface area contributed by atoms with E-state index in [0.29, 0.717) is 30.7 Å². The van der Waals surface area contributed by atoms with Crippen molar-refractivity contribution in [3.63, 3.8) is 0 Å². The zero-order valence-electron chi connectivity index (χ0n) is 23.4. The molecule has 1 aliphatic heterocycles. The molecule has 9 heteroatoms. The first kappa shape index (κ1) is 28.3. The molecule has 3 aromatic rings. The van der Waals surface area contributed by atoms with E-state index in [-0.39, 0.29) is 24.3 Å². The summed E-state index contributed by atoms with van der Waals surface area (Å²) >= 11 is 6.10. The first-order valence-electron chi connectivity index (χ1n) is 14.2. The Bertz CT molecular complexity index is 1330. The number of aryl methyl sites for hydroxylation is 2. The third-order valence-corrected chi connectivity index (χ3v) is 8.26. The zero-order valence-corrected chi connectivity index (χ0v) is 24.1. The molecule has 1 aromatic heterocycles. The average molecular weight is 564 g/mol. The molecule has 1 saturated carbocycles. The minimum absolute atomic E-state index is 0.00423. The molecule has 212 valence electrons. The Morgan fingerprint density at radius 3 is 2.48 bits per heavy atom. The normalized spacial score (nSPS) is 16.3. The van der Waals surface area contributed by atoms with Crippen LogP contribution < -0.4 is 5.32 Å². The van der Waals surface area contributed by atoms with Crippen molar-refractivity contribution in [1.82, 2.24) is 19.4 Å². The van der Waals surface area contributed by atoms with Crippen LogP contribution in [0.3, 0.4) is 0 Å². The van der Waals surface area contributed by atoms with Gasteiger partial charge < -0.3 is 9.64 Å². The highest BCUT2D eigenvalue weighted by atomic mass is 35.5. The second kappa shape index (κ2) is 13.0. The molecule has 0 bridgehead atoms. The number of nitrogens with one attached hydrogen (secondary N) is 1. The largest absolute Gasteiger partial charge is 0.379 e. The van der Waals surface area contributed by atoms with Crippen molar-refractivity contribution in [3.8, 4) is 16.9 Å². The van der Waals surface area contributed by atoms with Crippen molar-refractivity contribution >= 4 is 29.4 Å². The van der Waals surface area contributed by atoms with Gasteiger partial charge in [0.1, 0.15) is 0 Å². The number of morpholine rings is 1. The molecule has 8 nitrogen and oxygen atoms in total. The molecule has 5 rings (SSSR count). The molecule has 1 N–H and O–H groups in total. The van der Waals surface area contributed by atoms with Crippen LogP contribution in [0.5, 0.6) is 0 Å². The number of aromatic nitrogens is 2. The SMILES string of the molecule is Cc1ccc(-n2cc(-c3ccc(Cl)cc3)nc2NC(=O)CN(CCN2CCOCC2)C(=O)C2CCCC2)cc1C. The quantitative estimate of drug-likeness (QED) is 0.392. The van der Waals surface area contributed by atoms with Gasteiger partial charge in [0.25, 0.3) is 0 Å². The number of imidazole rings is 1. The van der Waals surface area contributed by atoms with Gasteiger partial charge in [-0.25, -0.2) is 4.98 Å². The first-order valence-corrected chi connectivity index (χ1v) is 14.6. The summed E-state index contributed by atoms with van der Waals surface area (Å²) < 4.78 is 7.36. The van der Waals surface area contributed by atoms with E-state index in [4.69, 9.17) is 21.3 Å². The molecule has 0 unspecified atom stereocenters. The molecule has 1 aliphatic carbocycles. The molecule has 2 amide bonds. The lowest BCUT2D eigenvalue weighted by Crippen LogP contribution is -2.46. The highest BCUT2D eigenvalue weighted by Gasteiger charge is 2.29. The second-order valence-electron chi connectivity index (χ2n) is 10.8. The molecular formula is C31H38ClN5O3. The maximum Gasteiger partial charge on any atom is 0.246 e. The smallest absolute Gasteiger partial charge is 0.246 e. The van der Waals surface area contributed by atoms with E-state index in [9.17, 15) is 9.59 Å². The molecule has 40 heavy (non-hydrogen) atoms. The molecule has 2 heterocycles. The molecule has 1 saturated heterocycles. The van der Waals surface area contributed by atoms with E-state index in [1.165, 1.54) is 5.56 Å². The van der Waals surface area contributed by atoms with Gasteiger partial charge in [0.2, 0.25) is 17.8 Å². The number of halogens is 1. The van der Waals surface area contributed by atoms with Crippen LogP contribution in [-0.2, 0) is 14.3 Å². The van der Waals surface area contributed by atoms with Crippen molar-refractivity contribution in [1.29, 1.82) is 0 Å². The summed E-state index contributed by atoms with van der Waals surface area (Å²) in [7, 11) is 0. The van der Waals surface area contributed by atoms with Crippen molar-refractivity contribution in [2.24, 2.45) is 5.92 Å². The fraction of sp³-hybridized carbons (Fsp3) is 0.452. The fourth-order valence-corrected chi connectivity index (χ4v) is 5.55. The van der Waals surface area contributed by atoms with Crippen LogP contribution in [-0.4, -0.2) is 77.1 Å². The number of carbonyl (C=O) groups excluding carboxylic acids is 2. The Hall–Kier alpha value is -3.20. The predicted molar refractivity (Wildman–Crippen MR) is 158 cm³/mol. The number of hydrogen-bond donors (Lipinski definition) is 1. The molecule has 2 aromatic carbocycles. The number of benzene rings is 2. The van der Waals surface area contributed by atoms with E-state index in [0.717, 1.165) is 67.8 Å². The summed E-state index contributed by atoms with van der Waals surface area (Å²) in [4.78, 5) is 35.8. The maximum absolute atomic E-state index is 13.5. The summed E-state index contributed by atoms with van der Waals surface area (Å²) in [6.45, 7) is 8.48. The molecule has 0 spiro atoms. The van der Waals surface area contributed by atoms with Gasteiger partial charge in [-0.1, -0.05) is 42.6 Å². The Morgan fingerprint density at radius 2 is 1.77 bits per heavy atom. The van der Waals surface area contributed by atoms with Crippen molar-refractivity contribution in [2.45, 2.75) is 39.5 Å². The summed E-state index contributed by atoms with van der Waals surface area (Å²) in [6.07, 6.45) is 5.86. The topological polar surface area (TPSA) is 79.7 Å². The predicted octanol–water partition coefficient (Wildman–Crippen LogP) is 5.10. The Kier molecular flexibility index (Phi) is 9.19. The Balaban J connectivity index is 1.37. The van der Waals surface area contributed by atoms with Gasteiger partial charge in [-0.15, -0.1) is 0 Å². The van der Waals surface area contributed by atoms with Crippen LogP contribution in [0.2, 0.25) is 5.02 Å². The standard InChI is InChI=1S/C31H38ClN5O3/c1-22-7-12-27(19-23(22)2)37-20-28(24-8-10-26(32)11-9-24)33-31(37)34-29(38)21-36(30(39)25-5-3-4-6-25)14-13-35-15-17-40-18-16-35/h7-12,19-20,25H,3-6,13-18,21H2,1-2H3,(H,33,34,38). The van der Waals surface area contributed by atoms with Crippen LogP contribution in [0.1, 0.15) is 36.8 Å². The minimum atomic E-state index is -0.258. The van der Waals surface area contributed by atoms with Crippen molar-refractivity contribution in [3.05, 3.63) is 64.8 Å². The number of carbonyl (C=O) groups is 2. The van der Waals surface area contributed by atoms with Crippen molar-refractivity contribution < 1.29 is 14.3 Å². The second-order valence-corrected chi connectivity index (χ2v) is 11.3. The van der Waals surface area contributed by atoms with Crippen molar-refractivity contribution in [2.75, 3.05) is 51.3 Å². The van der Waals surface area contributed by atoms with Crippen LogP contribution in [0.4, 0.5) is 5.95 Å². The van der Waals surface area contributed by atoms with Gasteiger partial charge in [-0.05, 0) is 62.1 Å². The summed E-state index contributed by atoms with van der Waals surface area (Å²) in [6, 6.07) is 13.6. The summed E-state index contributed by atoms with van der Waals surface area (Å²) in [5.74, 6) is 0.248. The van der Waals surface area contributed by atoms with Gasteiger partial charge in [0, 0.05) is 54.6 Å². The van der Waals surface area contributed by atoms with E-state index in [1.807, 2.05) is 41.1 Å². The Labute approximate surface area is 241 Å². The molecule has 0 atom stereocenters. The molecular weight excluding hydrogens is 526 g/mol. The van der Waals surface area contributed by atoms with Crippen LogP contribution in [0.25, 0.3) is 16.9 Å². The lowest BCUT2D eigenvalue weighted by molar-refractivity contribution is -0.138. The number of amides is 2. The highest BCUT2D eigenvalue weighted by Crippen LogP contribution is 2.28. The first-order chi connectivity index (χ1) is 19.4. The fourth-order valence-electron chi connectivity index (χ4n) is 5.42. The zero-order chi connectivity index (χ0) is 28.1. The number of hydrogen-bond acceptors (Lipinski definition) is 5. The van der Waals surface area contributed by atoms with Crippen LogP contribution >= 0.6 is 11.6 Å². The van der Waals surface area contributed by atoms with E-state index < -0.39 is 0 Å². The lowest BCUT2D eigenvalue weighted by Gasteiger charge is -2.31. The number of rotatable bonds is 9. The highest BCUT2D eigenvalue weighted by molar-refractivity contribution is 6.30. The van der Waals surface area contributed by atoms with E-state index in [1.54, 1.807) is 4.90 Å². The van der Waals surface area contributed by atoms with Crippen LogP contribution in [0, 0.1) is 19.8 Å². The minimum Gasteiger partial charge on any atom is -0.379 e. The van der Waals surface area contributed by atoms with Gasteiger partial charge in [0.05, 0.1) is 25.5 Å². The van der Waals surface area contributed by atoms with Gasteiger partial charge in [-0.3, -0.25) is 24.4 Å². The monoisotopic (exact) mass is 563 g/mol. The number of anilines is 1. The average Bonchev–Trinajstić information content (AvgIpc) is 3.64. The molecule has 0 radical (unpaired) electrons. The maximum atomic E-state index is 13.5. The molecule has 2 aliphatic rings.